The number of likely N-dealkylation sites (tertiary alicyclic amines) is 1. The number of piperidine rings is 1. The second-order valence-electron chi connectivity index (χ2n) is 8.48. The van der Waals surface area contributed by atoms with Crippen LogP contribution in [0.3, 0.4) is 0 Å². The Morgan fingerprint density at radius 2 is 2.00 bits per heavy atom. The number of amidine groups is 1. The lowest BCUT2D eigenvalue weighted by Gasteiger charge is -2.41. The van der Waals surface area contributed by atoms with E-state index in [1.165, 1.54) is 12.1 Å². The number of aliphatic imine (C=N–C) groups is 1. The number of hydrogen-bond donors (Lipinski definition) is 1. The van der Waals surface area contributed by atoms with E-state index in [4.69, 9.17) is 15.2 Å². The summed E-state index contributed by atoms with van der Waals surface area (Å²) in [6, 6.07) is 11.0. The number of carbonyl (C=O) groups is 1. The van der Waals surface area contributed by atoms with Crippen molar-refractivity contribution in [1.29, 1.82) is 0 Å². The summed E-state index contributed by atoms with van der Waals surface area (Å²) < 4.78 is 45.4. The molecule has 0 saturated carbocycles. The van der Waals surface area contributed by atoms with Crippen molar-refractivity contribution in [1.82, 2.24) is 4.90 Å². The third-order valence-electron chi connectivity index (χ3n) is 5.90. The fourth-order valence-corrected chi connectivity index (χ4v) is 4.11. The third-order valence-corrected chi connectivity index (χ3v) is 5.90. The van der Waals surface area contributed by atoms with Gasteiger partial charge in [0.2, 0.25) is 0 Å². The van der Waals surface area contributed by atoms with Crippen LogP contribution in [0.15, 0.2) is 59.2 Å². The van der Waals surface area contributed by atoms with E-state index < -0.39 is 17.7 Å². The average Bonchev–Trinajstić information content (AvgIpc) is 2.80. The number of benzene rings is 2. The van der Waals surface area contributed by atoms with Crippen LogP contribution in [0.25, 0.3) is 5.32 Å². The van der Waals surface area contributed by atoms with Crippen molar-refractivity contribution in [2.24, 2.45) is 4.99 Å². The molecule has 2 aromatic rings. The number of aliphatic carboxylic acids is 1. The molecule has 1 unspecified atom stereocenters. The summed E-state index contributed by atoms with van der Waals surface area (Å²) in [4.78, 5) is 17.4. The average molecular weight is 472 g/mol. The van der Waals surface area contributed by atoms with Gasteiger partial charge in [-0.1, -0.05) is 47.4 Å². The molecule has 4 rings (SSSR count). The number of nitrogens with zero attached hydrogens (tertiary/aromatic N) is 3. The molecule has 0 amide bonds. The maximum absolute atomic E-state index is 13.3. The maximum atomic E-state index is 13.3. The summed E-state index contributed by atoms with van der Waals surface area (Å²) in [5.74, 6) is 0.243. The molecule has 1 atom stereocenters. The van der Waals surface area contributed by atoms with Gasteiger partial charge in [0, 0.05) is 18.7 Å². The molecule has 0 aromatic heterocycles. The van der Waals surface area contributed by atoms with Crippen LogP contribution in [0, 0.1) is 6.92 Å². The Morgan fingerprint density at radius 3 is 2.71 bits per heavy atom. The summed E-state index contributed by atoms with van der Waals surface area (Å²) in [7, 11) is 0. The molecule has 2 aliphatic heterocycles. The highest BCUT2D eigenvalue weighted by atomic mass is 19.4. The summed E-state index contributed by atoms with van der Waals surface area (Å²) >= 11 is 0. The van der Waals surface area contributed by atoms with Gasteiger partial charge in [-0.25, -0.2) is 0 Å². The molecule has 6 nitrogen and oxygen atoms in total. The van der Waals surface area contributed by atoms with Gasteiger partial charge in [-0.3, -0.25) is 9.69 Å². The molecule has 1 fully saturated rings. The highest BCUT2D eigenvalue weighted by Crippen LogP contribution is 2.33. The molecule has 34 heavy (non-hydrogen) atoms. The molecule has 2 heterocycles. The minimum Gasteiger partial charge on any atom is -0.489 e. The molecular weight excluding hydrogens is 447 g/mol. The Hall–Kier alpha value is -3.33. The van der Waals surface area contributed by atoms with Crippen LogP contribution in [0.5, 0.6) is 5.75 Å². The minimum absolute atomic E-state index is 0.0200. The predicted octanol–water partition coefficient (Wildman–Crippen LogP) is 5.16. The molecule has 9 heteroatoms. The topological polar surface area (TPSA) is 76.2 Å². The molecule has 0 spiro atoms. The number of alkyl halides is 3. The number of aryl methyl sites for hydroxylation is 1. The third kappa shape index (κ3) is 5.77. The second-order valence-corrected chi connectivity index (χ2v) is 8.48. The second kappa shape index (κ2) is 9.89. The van der Waals surface area contributed by atoms with Crippen molar-refractivity contribution in [3.05, 3.63) is 81.8 Å². The molecule has 1 N–H and O–H groups in total. The largest absolute Gasteiger partial charge is 0.489 e. The number of rotatable bonds is 7. The normalized spacial score (nSPS) is 18.4. The lowest BCUT2D eigenvalue weighted by atomic mass is 9.97. The summed E-state index contributed by atoms with van der Waals surface area (Å²) in [5, 5.41) is 13.6. The van der Waals surface area contributed by atoms with Crippen LogP contribution in [-0.4, -0.2) is 47.5 Å². The zero-order valence-electron chi connectivity index (χ0n) is 18.7. The van der Waals surface area contributed by atoms with E-state index in [2.05, 4.69) is 9.89 Å². The Labute approximate surface area is 195 Å². The minimum atomic E-state index is -4.43. The summed E-state index contributed by atoms with van der Waals surface area (Å²) in [6.45, 7) is 3.49. The summed E-state index contributed by atoms with van der Waals surface area (Å²) in [6.07, 6.45) is -1.72. The van der Waals surface area contributed by atoms with Crippen LogP contribution in [0.2, 0.25) is 0 Å². The number of carboxylic acid groups (broad SMARTS) is 1. The van der Waals surface area contributed by atoms with E-state index in [-0.39, 0.29) is 24.6 Å². The van der Waals surface area contributed by atoms with E-state index in [1.54, 1.807) is 37.4 Å². The number of fused-ring (bicyclic) bond motifs is 1. The van der Waals surface area contributed by atoms with Crippen LogP contribution in [0.1, 0.15) is 35.1 Å². The fraction of sp³-hybridized carbons (Fsp3) is 0.360. The monoisotopic (exact) mass is 472 g/mol. The van der Waals surface area contributed by atoms with Crippen LogP contribution < -0.4 is 4.74 Å². The lowest BCUT2D eigenvalue weighted by molar-refractivity contribution is -0.139. The first kappa shape index (κ1) is 23.8. The SMILES string of the molecule is Cc1ccc(C(F)(F)F)c(COc2ccc(C3=NC=C4CN(CCC(=O)O)CCC4[N-]3)cc2)c1. The molecule has 0 radical (unpaired) electrons. The Kier molecular flexibility index (Phi) is 6.92. The molecule has 2 aromatic carbocycles. The highest BCUT2D eigenvalue weighted by Gasteiger charge is 2.33. The first-order valence-corrected chi connectivity index (χ1v) is 11.0. The predicted molar refractivity (Wildman–Crippen MR) is 122 cm³/mol. The Balaban J connectivity index is 1.39. The zero-order valence-corrected chi connectivity index (χ0v) is 18.7. The molecule has 0 aliphatic carbocycles. The first-order chi connectivity index (χ1) is 16.2. The van der Waals surface area contributed by atoms with Crippen molar-refractivity contribution < 1.29 is 27.8 Å². The van der Waals surface area contributed by atoms with E-state index in [9.17, 15) is 18.0 Å². The fourth-order valence-electron chi connectivity index (χ4n) is 4.11. The number of halogens is 3. The lowest BCUT2D eigenvalue weighted by Crippen LogP contribution is -2.40. The van der Waals surface area contributed by atoms with E-state index >= 15 is 0 Å². The number of hydrogen-bond acceptors (Lipinski definition) is 4. The number of carboxylic acids is 1. The van der Waals surface area contributed by atoms with Gasteiger partial charge in [0.05, 0.1) is 12.0 Å². The molecule has 1 saturated heterocycles. The quantitative estimate of drug-likeness (QED) is 0.604. The van der Waals surface area contributed by atoms with Crippen LogP contribution in [0.4, 0.5) is 13.2 Å². The zero-order chi connectivity index (χ0) is 24.3. The summed E-state index contributed by atoms with van der Waals surface area (Å²) in [5.41, 5.74) is 2.00. The smallest absolute Gasteiger partial charge is 0.416 e. The standard InChI is InChI=1S/C25H26F3N3O3/c1-16-2-7-21(25(26,27)28)18(12-16)15-34-20-5-3-17(4-6-20)24-29-13-19-14-31(11-9-23(32)33)10-8-22(19)30-24/h2-7,12-13,22H,8-11,14-15H2,1H3,(H2,29,30,32,33)/p-1. The Morgan fingerprint density at radius 1 is 1.24 bits per heavy atom. The van der Waals surface area contributed by atoms with Gasteiger partial charge in [-0.15, -0.1) is 0 Å². The maximum Gasteiger partial charge on any atom is 0.416 e. The van der Waals surface area contributed by atoms with Crippen LogP contribution >= 0.6 is 0 Å². The van der Waals surface area contributed by atoms with Crippen molar-refractivity contribution in [2.75, 3.05) is 19.6 Å². The van der Waals surface area contributed by atoms with Gasteiger partial charge in [-0.05, 0) is 49.7 Å². The van der Waals surface area contributed by atoms with Gasteiger partial charge in [0.1, 0.15) is 12.4 Å². The van der Waals surface area contributed by atoms with Crippen molar-refractivity contribution in [3.8, 4) is 5.75 Å². The van der Waals surface area contributed by atoms with Gasteiger partial charge in [0.25, 0.3) is 0 Å². The van der Waals surface area contributed by atoms with Crippen molar-refractivity contribution in [2.45, 2.75) is 38.6 Å². The van der Waals surface area contributed by atoms with Gasteiger partial charge >= 0.3 is 12.1 Å². The molecule has 0 bridgehead atoms. The van der Waals surface area contributed by atoms with E-state index in [0.29, 0.717) is 24.7 Å². The molecular formula is C25H25F3N3O3-. The van der Waals surface area contributed by atoms with Crippen molar-refractivity contribution >= 4 is 11.8 Å². The van der Waals surface area contributed by atoms with Gasteiger partial charge in [0.15, 0.2) is 0 Å². The van der Waals surface area contributed by atoms with Crippen molar-refractivity contribution in [3.63, 3.8) is 0 Å². The molecule has 2 aliphatic rings. The van der Waals surface area contributed by atoms with E-state index in [0.717, 1.165) is 35.7 Å². The van der Waals surface area contributed by atoms with Gasteiger partial charge < -0.3 is 20.2 Å². The molecule has 180 valence electrons. The highest BCUT2D eigenvalue weighted by molar-refractivity contribution is 6.10. The first-order valence-electron chi connectivity index (χ1n) is 11.0. The van der Waals surface area contributed by atoms with Gasteiger partial charge in [-0.2, -0.15) is 13.2 Å². The van der Waals surface area contributed by atoms with Crippen LogP contribution in [-0.2, 0) is 17.6 Å². The Bertz CT molecular complexity index is 1110. The van der Waals surface area contributed by atoms with E-state index in [1.807, 2.05) is 0 Å². The number of ether oxygens (including phenoxy) is 1.